The molecule has 31 heavy (non-hydrogen) atoms. The van der Waals surface area contributed by atoms with Crippen LogP contribution >= 0.6 is 0 Å². The van der Waals surface area contributed by atoms with Crippen LogP contribution in [0.2, 0.25) is 0 Å². The van der Waals surface area contributed by atoms with Crippen LogP contribution in [0.3, 0.4) is 0 Å². The number of aliphatic imine (C=N–C) groups is 1. The number of hydrogen-bond acceptors (Lipinski definition) is 6. The smallest absolute Gasteiger partial charge is 0.249 e. The van der Waals surface area contributed by atoms with E-state index in [0.29, 0.717) is 24.7 Å². The summed E-state index contributed by atoms with van der Waals surface area (Å²) in [5, 5.41) is 5.71. The number of rotatable bonds is 4. The number of aryl methyl sites for hydroxylation is 1. The van der Waals surface area contributed by atoms with Crippen LogP contribution in [0.15, 0.2) is 53.5 Å². The van der Waals surface area contributed by atoms with Crippen LogP contribution < -0.4 is 20.3 Å². The molecule has 2 aliphatic rings. The maximum absolute atomic E-state index is 12.7. The third-order valence-corrected chi connectivity index (χ3v) is 5.51. The van der Waals surface area contributed by atoms with Crippen LogP contribution in [-0.4, -0.2) is 62.0 Å². The molecule has 2 amide bonds. The van der Waals surface area contributed by atoms with Gasteiger partial charge in [-0.3, -0.25) is 14.9 Å². The Labute approximate surface area is 181 Å². The number of ether oxygens (including phenoxy) is 1. The predicted molar refractivity (Wildman–Crippen MR) is 121 cm³/mol. The summed E-state index contributed by atoms with van der Waals surface area (Å²) in [6.45, 7) is 4.96. The number of nitrogens with one attached hydrogen (secondary N) is 2. The maximum atomic E-state index is 12.7. The molecule has 2 aromatic carbocycles. The van der Waals surface area contributed by atoms with Gasteiger partial charge in [0.15, 0.2) is 0 Å². The van der Waals surface area contributed by atoms with Gasteiger partial charge in [0.25, 0.3) is 0 Å². The van der Waals surface area contributed by atoms with Crippen LogP contribution in [0.1, 0.15) is 12.0 Å². The lowest BCUT2D eigenvalue weighted by Gasteiger charge is -2.38. The van der Waals surface area contributed by atoms with Crippen molar-refractivity contribution in [1.29, 1.82) is 0 Å². The molecule has 1 saturated heterocycles. The number of carbonyl (C=O) groups is 2. The van der Waals surface area contributed by atoms with E-state index in [-0.39, 0.29) is 18.2 Å². The molecule has 2 aromatic rings. The van der Waals surface area contributed by atoms with Gasteiger partial charge < -0.3 is 19.9 Å². The summed E-state index contributed by atoms with van der Waals surface area (Å²) in [6.07, 6.45) is 0.0486. The van der Waals surface area contributed by atoms with Gasteiger partial charge in [0.2, 0.25) is 17.8 Å². The van der Waals surface area contributed by atoms with E-state index in [9.17, 15) is 9.59 Å². The largest absolute Gasteiger partial charge is 0.497 e. The lowest BCUT2D eigenvalue weighted by Crippen LogP contribution is -2.56. The third kappa shape index (κ3) is 4.96. The van der Waals surface area contributed by atoms with Gasteiger partial charge in [0.1, 0.15) is 11.8 Å². The molecule has 0 aromatic heterocycles. The number of nitrogens with zero attached hydrogens (tertiary/aromatic N) is 3. The molecule has 1 atom stereocenters. The average Bonchev–Trinajstić information content (AvgIpc) is 2.79. The zero-order valence-corrected chi connectivity index (χ0v) is 17.8. The molecule has 2 heterocycles. The van der Waals surface area contributed by atoms with E-state index >= 15 is 0 Å². The Kier molecular flexibility index (Phi) is 6.06. The predicted octanol–water partition coefficient (Wildman–Crippen LogP) is 2.01. The molecule has 8 heteroatoms. The summed E-state index contributed by atoms with van der Waals surface area (Å²) < 4.78 is 5.22. The number of anilines is 2. The first-order chi connectivity index (χ1) is 15.0. The Balaban J connectivity index is 1.39. The number of amides is 2. The van der Waals surface area contributed by atoms with E-state index in [0.717, 1.165) is 30.1 Å². The summed E-state index contributed by atoms with van der Waals surface area (Å²) in [5.74, 6) is 0.855. The van der Waals surface area contributed by atoms with Gasteiger partial charge >= 0.3 is 0 Å². The average molecular weight is 422 g/mol. The van der Waals surface area contributed by atoms with Gasteiger partial charge in [-0.05, 0) is 48.9 Å². The molecule has 0 radical (unpaired) electrons. The zero-order valence-electron chi connectivity index (χ0n) is 17.8. The van der Waals surface area contributed by atoms with Crippen molar-refractivity contribution in [2.24, 2.45) is 4.99 Å². The fourth-order valence-corrected chi connectivity index (χ4v) is 3.81. The van der Waals surface area contributed by atoms with Crippen molar-refractivity contribution >= 4 is 29.1 Å². The van der Waals surface area contributed by atoms with E-state index in [4.69, 9.17) is 4.74 Å². The highest BCUT2D eigenvalue weighted by Gasteiger charge is 2.30. The molecular formula is C23H27N5O3. The van der Waals surface area contributed by atoms with Gasteiger partial charge in [0.05, 0.1) is 13.5 Å². The van der Waals surface area contributed by atoms with E-state index in [2.05, 4.69) is 20.5 Å². The van der Waals surface area contributed by atoms with Gasteiger partial charge in [-0.25, -0.2) is 4.99 Å². The highest BCUT2D eigenvalue weighted by Crippen LogP contribution is 2.21. The van der Waals surface area contributed by atoms with Crippen molar-refractivity contribution in [2.75, 3.05) is 43.5 Å². The fourth-order valence-electron chi connectivity index (χ4n) is 3.81. The van der Waals surface area contributed by atoms with E-state index in [1.165, 1.54) is 0 Å². The molecule has 2 aliphatic heterocycles. The summed E-state index contributed by atoms with van der Waals surface area (Å²) in [7, 11) is 1.65. The van der Waals surface area contributed by atoms with Crippen LogP contribution in [0, 0.1) is 6.92 Å². The first-order valence-electron chi connectivity index (χ1n) is 10.4. The minimum absolute atomic E-state index is 0.0486. The maximum Gasteiger partial charge on any atom is 0.249 e. The van der Waals surface area contributed by atoms with E-state index < -0.39 is 6.04 Å². The van der Waals surface area contributed by atoms with Gasteiger partial charge in [-0.15, -0.1) is 0 Å². The minimum Gasteiger partial charge on any atom is -0.497 e. The monoisotopic (exact) mass is 421 g/mol. The second kappa shape index (κ2) is 9.07. The topological polar surface area (TPSA) is 86.3 Å². The fraction of sp³-hybridized carbons (Fsp3) is 0.348. The van der Waals surface area contributed by atoms with Crippen molar-refractivity contribution in [1.82, 2.24) is 10.2 Å². The molecule has 162 valence electrons. The number of guanidine groups is 1. The van der Waals surface area contributed by atoms with Crippen molar-refractivity contribution in [3.8, 4) is 5.75 Å². The Morgan fingerprint density at radius 2 is 1.81 bits per heavy atom. The van der Waals surface area contributed by atoms with E-state index in [1.54, 1.807) is 7.11 Å². The van der Waals surface area contributed by atoms with Crippen LogP contribution in [0.5, 0.6) is 5.75 Å². The highest BCUT2D eigenvalue weighted by atomic mass is 16.5. The van der Waals surface area contributed by atoms with Crippen molar-refractivity contribution in [3.05, 3.63) is 54.1 Å². The molecule has 4 rings (SSSR count). The number of benzene rings is 2. The number of hydrogen-bond donors (Lipinski definition) is 2. The third-order valence-electron chi connectivity index (χ3n) is 5.51. The minimum atomic E-state index is -0.733. The van der Waals surface area contributed by atoms with Gasteiger partial charge in [0, 0.05) is 37.6 Å². The lowest BCUT2D eigenvalue weighted by molar-refractivity contribution is -0.125. The molecule has 0 spiro atoms. The summed E-state index contributed by atoms with van der Waals surface area (Å²) in [5.41, 5.74) is 2.89. The normalized spacial score (nSPS) is 18.8. The molecule has 0 saturated carbocycles. The van der Waals surface area contributed by atoms with Crippen LogP contribution in [0.4, 0.5) is 11.4 Å². The Morgan fingerprint density at radius 1 is 1.10 bits per heavy atom. The highest BCUT2D eigenvalue weighted by molar-refractivity contribution is 6.06. The molecule has 0 bridgehead atoms. The first-order valence-corrected chi connectivity index (χ1v) is 10.4. The Morgan fingerprint density at radius 3 is 2.48 bits per heavy atom. The molecule has 1 fully saturated rings. The van der Waals surface area contributed by atoms with Crippen molar-refractivity contribution in [3.63, 3.8) is 0 Å². The molecule has 1 unspecified atom stereocenters. The standard InChI is InChI=1S/C23H27N5O3/c1-16-4-3-5-17(14-16)24-22(30)20-15-21(29)26-23(25-20)28-12-10-27(11-13-28)18-6-8-19(31-2)9-7-18/h3-9,14,20H,10-13,15H2,1-2H3,(H,24,30)(H,25,26,29). The SMILES string of the molecule is COc1ccc(N2CCN(C3=NC(C(=O)Nc4cccc(C)c4)CC(=O)N3)CC2)cc1. The second-order valence-electron chi connectivity index (χ2n) is 7.75. The van der Waals surface area contributed by atoms with Crippen molar-refractivity contribution < 1.29 is 14.3 Å². The molecule has 2 N–H and O–H groups in total. The summed E-state index contributed by atoms with van der Waals surface area (Å²) in [6, 6.07) is 14.8. The Hall–Kier alpha value is -3.55. The number of methoxy groups -OCH3 is 1. The van der Waals surface area contributed by atoms with Gasteiger partial charge in [-0.1, -0.05) is 12.1 Å². The molecule has 0 aliphatic carbocycles. The summed E-state index contributed by atoms with van der Waals surface area (Å²) >= 11 is 0. The quantitative estimate of drug-likeness (QED) is 0.789. The second-order valence-corrected chi connectivity index (χ2v) is 7.75. The number of piperazine rings is 1. The Bertz CT molecular complexity index is 981. The molecular weight excluding hydrogens is 394 g/mol. The van der Waals surface area contributed by atoms with Crippen LogP contribution in [-0.2, 0) is 9.59 Å². The lowest BCUT2D eigenvalue weighted by atomic mass is 10.1. The number of carbonyl (C=O) groups excluding carboxylic acids is 2. The van der Waals surface area contributed by atoms with E-state index in [1.807, 2.05) is 60.4 Å². The van der Waals surface area contributed by atoms with Crippen LogP contribution in [0.25, 0.3) is 0 Å². The zero-order chi connectivity index (χ0) is 21.8. The molecule has 8 nitrogen and oxygen atoms in total. The first kappa shape index (κ1) is 20.7. The van der Waals surface area contributed by atoms with Crippen molar-refractivity contribution in [2.45, 2.75) is 19.4 Å². The van der Waals surface area contributed by atoms with Gasteiger partial charge in [-0.2, -0.15) is 0 Å². The summed E-state index contributed by atoms with van der Waals surface area (Å²) in [4.78, 5) is 33.8.